The van der Waals surface area contributed by atoms with Gasteiger partial charge in [0.25, 0.3) is 0 Å². The fourth-order valence-corrected chi connectivity index (χ4v) is 1.94. The van der Waals surface area contributed by atoms with Crippen LogP contribution in [0.1, 0.15) is 32.9 Å². The van der Waals surface area contributed by atoms with Crippen LogP contribution in [0.15, 0.2) is 6.20 Å². The molecule has 1 aromatic rings. The Hall–Kier alpha value is -1.07. The van der Waals surface area contributed by atoms with Gasteiger partial charge in [-0.3, -0.25) is 4.68 Å². The van der Waals surface area contributed by atoms with Crippen LogP contribution in [0.2, 0.25) is 0 Å². The van der Waals surface area contributed by atoms with E-state index in [9.17, 15) is 5.11 Å². The second-order valence-corrected chi connectivity index (χ2v) is 4.57. The van der Waals surface area contributed by atoms with Crippen molar-refractivity contribution in [1.82, 2.24) is 9.78 Å². The van der Waals surface area contributed by atoms with Gasteiger partial charge >= 0.3 is 0 Å². The van der Waals surface area contributed by atoms with Crippen LogP contribution < -0.4 is 10.5 Å². The molecule has 0 spiro atoms. The molecule has 0 bridgehead atoms. The monoisotopic (exact) mass is 241 g/mol. The van der Waals surface area contributed by atoms with Gasteiger partial charge in [0.05, 0.1) is 13.3 Å². The number of aryl methyl sites for hydroxylation is 1. The molecule has 5 nitrogen and oxygen atoms in total. The molecule has 17 heavy (non-hydrogen) atoms. The topological polar surface area (TPSA) is 73.3 Å². The Balaban J connectivity index is 3.29. The summed E-state index contributed by atoms with van der Waals surface area (Å²) in [6.45, 7) is 6.84. The van der Waals surface area contributed by atoms with Crippen LogP contribution in [0.25, 0.3) is 0 Å². The average molecular weight is 241 g/mol. The summed E-state index contributed by atoms with van der Waals surface area (Å²) in [6.07, 6.45) is 2.57. The first kappa shape index (κ1) is 14.0. The number of nitrogens with zero attached hydrogens (tertiary/aromatic N) is 2. The zero-order valence-electron chi connectivity index (χ0n) is 11.1. The van der Waals surface area contributed by atoms with Gasteiger partial charge in [0.1, 0.15) is 11.3 Å². The van der Waals surface area contributed by atoms with E-state index in [1.54, 1.807) is 18.0 Å². The van der Waals surface area contributed by atoms with Crippen molar-refractivity contribution in [3.63, 3.8) is 0 Å². The molecule has 0 radical (unpaired) electrons. The molecular weight excluding hydrogens is 218 g/mol. The summed E-state index contributed by atoms with van der Waals surface area (Å²) in [4.78, 5) is 0. The minimum atomic E-state index is -1.10. The Kier molecular flexibility index (Phi) is 4.54. The first-order valence-corrected chi connectivity index (χ1v) is 6.03. The number of methoxy groups -OCH3 is 1. The number of aromatic nitrogens is 2. The highest BCUT2D eigenvalue weighted by molar-refractivity contribution is 5.31. The number of nitrogens with two attached hydrogens (primary N) is 1. The van der Waals surface area contributed by atoms with Crippen LogP contribution >= 0.6 is 0 Å². The predicted molar refractivity (Wildman–Crippen MR) is 66.9 cm³/mol. The van der Waals surface area contributed by atoms with Gasteiger partial charge < -0.3 is 15.6 Å². The third-order valence-electron chi connectivity index (χ3n) is 3.14. The second kappa shape index (κ2) is 5.51. The normalized spacial score (nSPS) is 15.0. The zero-order chi connectivity index (χ0) is 13.1. The molecular formula is C12H23N3O2. The predicted octanol–water partition coefficient (Wildman–Crippen LogP) is 1.10. The Morgan fingerprint density at radius 1 is 1.59 bits per heavy atom. The number of ether oxygens (including phenoxy) is 1. The smallest absolute Gasteiger partial charge is 0.163 e. The minimum Gasteiger partial charge on any atom is -0.493 e. The van der Waals surface area contributed by atoms with Crippen molar-refractivity contribution in [1.29, 1.82) is 0 Å². The van der Waals surface area contributed by atoms with E-state index in [-0.39, 0.29) is 12.5 Å². The Labute approximate surface area is 103 Å². The van der Waals surface area contributed by atoms with Gasteiger partial charge in [-0.25, -0.2) is 0 Å². The molecule has 0 saturated heterocycles. The molecule has 0 aliphatic heterocycles. The lowest BCUT2D eigenvalue weighted by molar-refractivity contribution is -0.0115. The van der Waals surface area contributed by atoms with Crippen LogP contribution in [0, 0.1) is 5.92 Å². The van der Waals surface area contributed by atoms with Gasteiger partial charge in [-0.1, -0.05) is 20.8 Å². The molecule has 1 rings (SSSR count). The van der Waals surface area contributed by atoms with Gasteiger partial charge in [-0.15, -0.1) is 0 Å². The maximum atomic E-state index is 10.7. The van der Waals surface area contributed by atoms with Crippen molar-refractivity contribution in [2.75, 3.05) is 13.7 Å². The third kappa shape index (κ3) is 2.45. The molecule has 3 N–H and O–H groups in total. The van der Waals surface area contributed by atoms with Crippen molar-refractivity contribution in [2.45, 2.75) is 39.3 Å². The summed E-state index contributed by atoms with van der Waals surface area (Å²) in [5, 5.41) is 15.0. The van der Waals surface area contributed by atoms with E-state index >= 15 is 0 Å². The van der Waals surface area contributed by atoms with Gasteiger partial charge in [0.15, 0.2) is 5.75 Å². The van der Waals surface area contributed by atoms with Crippen molar-refractivity contribution >= 4 is 0 Å². The SMILES string of the molecule is CCCn1ncc(OC)c1C(O)(CN)C(C)C. The highest BCUT2D eigenvalue weighted by atomic mass is 16.5. The fourth-order valence-electron chi connectivity index (χ4n) is 1.94. The summed E-state index contributed by atoms with van der Waals surface area (Å²) >= 11 is 0. The summed E-state index contributed by atoms with van der Waals surface area (Å²) in [6, 6.07) is 0. The molecule has 0 amide bonds. The highest BCUT2D eigenvalue weighted by Gasteiger charge is 2.38. The standard InChI is InChI=1S/C12H23N3O2/c1-5-6-15-11(10(17-4)7-14-15)12(16,8-13)9(2)3/h7,9,16H,5-6,8,13H2,1-4H3. The summed E-state index contributed by atoms with van der Waals surface area (Å²) in [5.74, 6) is 0.591. The first-order chi connectivity index (χ1) is 8.01. The van der Waals surface area contributed by atoms with Gasteiger partial charge in [0.2, 0.25) is 0 Å². The van der Waals surface area contributed by atoms with E-state index in [1.165, 1.54) is 0 Å². The van der Waals surface area contributed by atoms with Crippen molar-refractivity contribution in [3.05, 3.63) is 11.9 Å². The quantitative estimate of drug-likeness (QED) is 0.782. The molecule has 5 heteroatoms. The second-order valence-electron chi connectivity index (χ2n) is 4.57. The summed E-state index contributed by atoms with van der Waals surface area (Å²) < 4.78 is 7.06. The third-order valence-corrected chi connectivity index (χ3v) is 3.14. The number of aliphatic hydroxyl groups is 1. The fraction of sp³-hybridized carbons (Fsp3) is 0.750. The first-order valence-electron chi connectivity index (χ1n) is 6.03. The van der Waals surface area contributed by atoms with Crippen molar-refractivity contribution < 1.29 is 9.84 Å². The van der Waals surface area contributed by atoms with Crippen molar-refractivity contribution in [2.24, 2.45) is 11.7 Å². The Bertz CT molecular complexity index is 363. The zero-order valence-corrected chi connectivity index (χ0v) is 11.1. The maximum Gasteiger partial charge on any atom is 0.163 e. The number of hydrogen-bond acceptors (Lipinski definition) is 4. The van der Waals surface area contributed by atoms with E-state index in [2.05, 4.69) is 12.0 Å². The average Bonchev–Trinajstić information content (AvgIpc) is 2.71. The largest absolute Gasteiger partial charge is 0.493 e. The molecule has 1 atom stereocenters. The van der Waals surface area contributed by atoms with Crippen molar-refractivity contribution in [3.8, 4) is 5.75 Å². The van der Waals surface area contributed by atoms with E-state index in [0.717, 1.165) is 13.0 Å². The van der Waals surface area contributed by atoms with Crippen LogP contribution in [0.3, 0.4) is 0 Å². The van der Waals surface area contributed by atoms with Crippen LogP contribution in [0.4, 0.5) is 0 Å². The number of hydrogen-bond donors (Lipinski definition) is 2. The molecule has 0 aliphatic rings. The molecule has 0 aromatic carbocycles. The van der Waals surface area contributed by atoms with E-state index in [4.69, 9.17) is 10.5 Å². The van der Waals surface area contributed by atoms with E-state index in [0.29, 0.717) is 11.4 Å². The Morgan fingerprint density at radius 3 is 2.65 bits per heavy atom. The van der Waals surface area contributed by atoms with Crippen LogP contribution in [-0.2, 0) is 12.1 Å². The molecule has 1 aromatic heterocycles. The Morgan fingerprint density at radius 2 is 2.24 bits per heavy atom. The van der Waals surface area contributed by atoms with Crippen LogP contribution in [-0.4, -0.2) is 28.5 Å². The van der Waals surface area contributed by atoms with E-state index < -0.39 is 5.60 Å². The lowest BCUT2D eigenvalue weighted by atomic mass is 9.86. The van der Waals surface area contributed by atoms with Gasteiger partial charge in [-0.2, -0.15) is 5.10 Å². The lowest BCUT2D eigenvalue weighted by Crippen LogP contribution is -2.42. The molecule has 1 heterocycles. The van der Waals surface area contributed by atoms with Gasteiger partial charge in [-0.05, 0) is 12.3 Å². The molecule has 0 aliphatic carbocycles. The molecule has 0 fully saturated rings. The van der Waals surface area contributed by atoms with Gasteiger partial charge in [0, 0.05) is 13.1 Å². The van der Waals surface area contributed by atoms with Crippen LogP contribution in [0.5, 0.6) is 5.75 Å². The number of rotatable bonds is 6. The minimum absolute atomic E-state index is 0.00583. The highest BCUT2D eigenvalue weighted by Crippen LogP contribution is 2.35. The summed E-state index contributed by atoms with van der Waals surface area (Å²) in [7, 11) is 1.58. The maximum absolute atomic E-state index is 10.7. The molecule has 98 valence electrons. The molecule has 0 saturated carbocycles. The lowest BCUT2D eigenvalue weighted by Gasteiger charge is -2.32. The van der Waals surface area contributed by atoms with E-state index in [1.807, 2.05) is 13.8 Å². The molecule has 1 unspecified atom stereocenters. The summed E-state index contributed by atoms with van der Waals surface area (Å²) in [5.41, 5.74) is 5.32.